The Labute approximate surface area is 217 Å². The molecule has 0 aliphatic rings. The molecule has 0 spiro atoms. The summed E-state index contributed by atoms with van der Waals surface area (Å²) in [6.07, 6.45) is -7.59. The number of carboxylic acid groups (broad SMARTS) is 1. The summed E-state index contributed by atoms with van der Waals surface area (Å²) >= 11 is 0. The van der Waals surface area contributed by atoms with Crippen molar-refractivity contribution < 1.29 is 41.0 Å². The summed E-state index contributed by atoms with van der Waals surface area (Å²) in [4.78, 5) is 11.5. The highest BCUT2D eigenvalue weighted by molar-refractivity contribution is 6.02. The van der Waals surface area contributed by atoms with Crippen LogP contribution in [0.3, 0.4) is 0 Å². The predicted molar refractivity (Wildman–Crippen MR) is 129 cm³/mol. The van der Waals surface area contributed by atoms with E-state index in [0.29, 0.717) is 23.0 Å². The van der Waals surface area contributed by atoms with E-state index in [0.717, 1.165) is 11.6 Å². The number of rotatable bonds is 7. The zero-order chi connectivity index (χ0) is 28.4. The fourth-order valence-corrected chi connectivity index (χ4v) is 4.05. The Morgan fingerprint density at radius 3 is 2.13 bits per heavy atom. The van der Waals surface area contributed by atoms with E-state index in [9.17, 15) is 41.5 Å². The Bertz CT molecular complexity index is 1560. The molecule has 5 nitrogen and oxygen atoms in total. The molecular formula is C28H18F6N2O3. The molecule has 0 radical (unpaired) electrons. The first-order valence-electron chi connectivity index (χ1n) is 11.3. The molecule has 1 heterocycles. The molecular weight excluding hydrogens is 526 g/mol. The van der Waals surface area contributed by atoms with Crippen molar-refractivity contribution in [1.82, 2.24) is 4.57 Å². The van der Waals surface area contributed by atoms with Gasteiger partial charge in [-0.05, 0) is 47.5 Å². The number of aliphatic carboxylic acids is 1. The van der Waals surface area contributed by atoms with E-state index in [1.807, 2.05) is 18.2 Å². The van der Waals surface area contributed by atoms with Gasteiger partial charge in [0, 0.05) is 23.7 Å². The van der Waals surface area contributed by atoms with E-state index in [4.69, 9.17) is 4.74 Å². The number of nitriles is 1. The van der Waals surface area contributed by atoms with Crippen LogP contribution in [0.4, 0.5) is 26.3 Å². The van der Waals surface area contributed by atoms with E-state index in [1.54, 1.807) is 36.4 Å². The second-order valence-corrected chi connectivity index (χ2v) is 8.53. The van der Waals surface area contributed by atoms with Crippen LogP contribution in [0.25, 0.3) is 17.0 Å². The number of fused-ring (bicyclic) bond motifs is 1. The van der Waals surface area contributed by atoms with Gasteiger partial charge in [0.05, 0.1) is 16.6 Å². The van der Waals surface area contributed by atoms with Crippen molar-refractivity contribution in [1.29, 1.82) is 5.26 Å². The Balaban J connectivity index is 1.86. The molecule has 0 unspecified atom stereocenters. The highest BCUT2D eigenvalue weighted by Crippen LogP contribution is 2.38. The molecule has 1 aromatic heterocycles. The van der Waals surface area contributed by atoms with E-state index in [2.05, 4.69) is 0 Å². The topological polar surface area (TPSA) is 75.2 Å². The molecule has 4 rings (SSSR count). The number of nitrogens with zero attached hydrogens (tertiary/aromatic N) is 2. The summed E-state index contributed by atoms with van der Waals surface area (Å²) in [5.74, 6) is -1.22. The summed E-state index contributed by atoms with van der Waals surface area (Å²) in [5, 5.41) is 18.9. The van der Waals surface area contributed by atoms with E-state index in [-0.39, 0.29) is 29.5 Å². The smallest absolute Gasteiger partial charge is 0.416 e. The molecule has 0 amide bonds. The van der Waals surface area contributed by atoms with Crippen LogP contribution in [0.15, 0.2) is 78.5 Å². The summed E-state index contributed by atoms with van der Waals surface area (Å²) in [6, 6.07) is 16.7. The van der Waals surface area contributed by atoms with Crippen molar-refractivity contribution >= 4 is 22.9 Å². The van der Waals surface area contributed by atoms with Crippen molar-refractivity contribution in [3.05, 3.63) is 106 Å². The highest BCUT2D eigenvalue weighted by Gasteiger charge is 2.37. The highest BCUT2D eigenvalue weighted by atomic mass is 19.4. The van der Waals surface area contributed by atoms with Gasteiger partial charge >= 0.3 is 18.3 Å². The van der Waals surface area contributed by atoms with Crippen LogP contribution in [0.5, 0.6) is 5.75 Å². The maximum absolute atomic E-state index is 13.4. The Morgan fingerprint density at radius 2 is 1.56 bits per heavy atom. The van der Waals surface area contributed by atoms with Gasteiger partial charge < -0.3 is 14.4 Å². The largest absolute Gasteiger partial charge is 0.488 e. The number of carbonyl (C=O) groups is 1. The first kappa shape index (κ1) is 27.3. The van der Waals surface area contributed by atoms with Crippen LogP contribution in [0, 0.1) is 11.3 Å². The van der Waals surface area contributed by atoms with Gasteiger partial charge in [0.1, 0.15) is 24.0 Å². The molecule has 0 bridgehead atoms. The van der Waals surface area contributed by atoms with Crippen molar-refractivity contribution in [3.8, 4) is 11.8 Å². The van der Waals surface area contributed by atoms with E-state index < -0.39 is 41.6 Å². The summed E-state index contributed by atoms with van der Waals surface area (Å²) in [5.41, 5.74) is -2.44. The second-order valence-electron chi connectivity index (χ2n) is 8.53. The zero-order valence-corrected chi connectivity index (χ0v) is 19.8. The number of alkyl halides is 6. The first-order valence-corrected chi connectivity index (χ1v) is 11.3. The summed E-state index contributed by atoms with van der Waals surface area (Å²) in [7, 11) is 0. The van der Waals surface area contributed by atoms with Crippen LogP contribution < -0.4 is 4.74 Å². The molecule has 0 aliphatic heterocycles. The molecule has 0 saturated heterocycles. The minimum absolute atomic E-state index is 0.0486. The predicted octanol–water partition coefficient (Wildman–Crippen LogP) is 7.30. The fraction of sp³-hybridized carbons (Fsp3) is 0.143. The lowest BCUT2D eigenvalue weighted by Crippen LogP contribution is -2.12. The number of hydrogen-bond acceptors (Lipinski definition) is 3. The first-order chi connectivity index (χ1) is 18.4. The second kappa shape index (κ2) is 10.6. The lowest BCUT2D eigenvalue weighted by atomic mass is 10.0. The van der Waals surface area contributed by atoms with Gasteiger partial charge in [-0.2, -0.15) is 31.6 Å². The monoisotopic (exact) mass is 544 g/mol. The van der Waals surface area contributed by atoms with Crippen molar-refractivity contribution in [2.24, 2.45) is 0 Å². The van der Waals surface area contributed by atoms with Gasteiger partial charge in [0.2, 0.25) is 0 Å². The molecule has 0 saturated carbocycles. The van der Waals surface area contributed by atoms with Gasteiger partial charge in [-0.1, -0.05) is 36.4 Å². The normalized spacial score (nSPS) is 12.4. The number of ether oxygens (including phenoxy) is 1. The van der Waals surface area contributed by atoms with Crippen LogP contribution in [0.2, 0.25) is 0 Å². The summed E-state index contributed by atoms with van der Waals surface area (Å²) < 4.78 is 87.6. The number of benzene rings is 3. The quantitative estimate of drug-likeness (QED) is 0.151. The van der Waals surface area contributed by atoms with Crippen LogP contribution in [0.1, 0.15) is 27.8 Å². The van der Waals surface area contributed by atoms with Crippen molar-refractivity contribution in [2.75, 3.05) is 0 Å². The average molecular weight is 544 g/mol. The number of carboxylic acids is 1. The van der Waals surface area contributed by atoms with Crippen LogP contribution in [-0.2, 0) is 30.3 Å². The molecule has 0 fully saturated rings. The molecule has 200 valence electrons. The lowest BCUT2D eigenvalue weighted by molar-refractivity contribution is -0.143. The van der Waals surface area contributed by atoms with Crippen LogP contribution in [-0.4, -0.2) is 15.6 Å². The standard InChI is InChI=1S/C28H18F6N2O3/c29-27(30,31)21-9-18(10-22(12-21)28(32,33)34)14-36-15-20(11-19(13-35)26(37)38)25-23(36)7-4-8-24(25)39-16-17-5-2-1-3-6-17/h1-12,15H,14,16H2,(H,37,38)/b19-11+. The Hall–Kier alpha value is -4.72. The van der Waals surface area contributed by atoms with E-state index >= 15 is 0 Å². The molecule has 0 atom stereocenters. The van der Waals surface area contributed by atoms with Crippen molar-refractivity contribution in [2.45, 2.75) is 25.5 Å². The molecule has 3 aromatic carbocycles. The molecule has 1 N–H and O–H groups in total. The summed E-state index contributed by atoms with van der Waals surface area (Å²) in [6.45, 7) is -0.282. The zero-order valence-electron chi connectivity index (χ0n) is 19.8. The maximum Gasteiger partial charge on any atom is 0.416 e. The Kier molecular flexibility index (Phi) is 7.40. The fourth-order valence-electron chi connectivity index (χ4n) is 4.05. The van der Waals surface area contributed by atoms with Crippen LogP contribution >= 0.6 is 0 Å². The molecule has 4 aromatic rings. The van der Waals surface area contributed by atoms with Gasteiger partial charge in [0.25, 0.3) is 0 Å². The molecule has 0 aliphatic carbocycles. The third-order valence-electron chi connectivity index (χ3n) is 5.79. The number of halogens is 6. The van der Waals surface area contributed by atoms with Gasteiger partial charge in [-0.3, -0.25) is 0 Å². The minimum Gasteiger partial charge on any atom is -0.488 e. The number of hydrogen-bond donors (Lipinski definition) is 1. The van der Waals surface area contributed by atoms with Gasteiger partial charge in [-0.15, -0.1) is 0 Å². The third kappa shape index (κ3) is 6.23. The van der Waals surface area contributed by atoms with E-state index in [1.165, 1.54) is 10.8 Å². The Morgan fingerprint density at radius 1 is 0.923 bits per heavy atom. The lowest BCUT2D eigenvalue weighted by Gasteiger charge is -2.15. The molecule has 11 heteroatoms. The van der Waals surface area contributed by atoms with Gasteiger partial charge in [0.15, 0.2) is 0 Å². The minimum atomic E-state index is -5.01. The SMILES string of the molecule is N#C/C(=C\c1cn(Cc2cc(C(F)(F)F)cc(C(F)(F)F)c2)c2cccc(OCc3ccccc3)c12)C(=O)O. The van der Waals surface area contributed by atoms with Crippen molar-refractivity contribution in [3.63, 3.8) is 0 Å². The average Bonchev–Trinajstić information content (AvgIpc) is 3.22. The maximum atomic E-state index is 13.4. The molecule has 39 heavy (non-hydrogen) atoms. The van der Waals surface area contributed by atoms with Gasteiger partial charge in [-0.25, -0.2) is 4.79 Å². The third-order valence-corrected chi connectivity index (χ3v) is 5.79. The number of aromatic nitrogens is 1.